The van der Waals surface area contributed by atoms with Gasteiger partial charge < -0.3 is 5.11 Å². The highest BCUT2D eigenvalue weighted by Crippen LogP contribution is 2.31. The zero-order chi connectivity index (χ0) is 13.3. The third kappa shape index (κ3) is 2.53. The molecule has 94 valence electrons. The molecule has 18 heavy (non-hydrogen) atoms. The van der Waals surface area contributed by atoms with Crippen LogP contribution in [-0.2, 0) is 0 Å². The molecule has 0 aliphatic carbocycles. The first-order chi connectivity index (χ1) is 8.50. The van der Waals surface area contributed by atoms with Crippen LogP contribution in [-0.4, -0.2) is 15.1 Å². The molecule has 0 aliphatic heterocycles. The molecule has 3 nitrogen and oxygen atoms in total. The number of benzene rings is 1. The lowest BCUT2D eigenvalue weighted by atomic mass is 10.1. The van der Waals surface area contributed by atoms with Crippen molar-refractivity contribution in [3.05, 3.63) is 56.8 Å². The number of rotatable bonds is 2. The molecule has 0 bridgehead atoms. The maximum absolute atomic E-state index is 13.9. The predicted octanol–water partition coefficient (Wildman–Crippen LogP) is 3.42. The summed E-state index contributed by atoms with van der Waals surface area (Å²) in [4.78, 5) is 7.93. The standard InChI is InChI=1S/C12H9BrClFN2O/c1-6-4-16-12(17-5-6)11(18)7-2-3-8(13)9(14)10(7)15/h2-5,11,18H,1H3. The van der Waals surface area contributed by atoms with Gasteiger partial charge in [-0.1, -0.05) is 17.7 Å². The number of aliphatic hydroxyl groups excluding tert-OH is 1. The highest BCUT2D eigenvalue weighted by atomic mass is 79.9. The second-order valence-corrected chi connectivity index (χ2v) is 5.02. The van der Waals surface area contributed by atoms with E-state index in [1.807, 2.05) is 6.92 Å². The highest BCUT2D eigenvalue weighted by Gasteiger charge is 2.20. The molecule has 0 spiro atoms. The van der Waals surface area contributed by atoms with Crippen LogP contribution in [0, 0.1) is 12.7 Å². The van der Waals surface area contributed by atoms with Gasteiger partial charge in [-0.15, -0.1) is 0 Å². The molecule has 0 radical (unpaired) electrons. The molecule has 1 atom stereocenters. The van der Waals surface area contributed by atoms with E-state index >= 15 is 0 Å². The van der Waals surface area contributed by atoms with E-state index in [2.05, 4.69) is 25.9 Å². The second-order valence-electron chi connectivity index (χ2n) is 3.79. The van der Waals surface area contributed by atoms with E-state index in [0.29, 0.717) is 4.47 Å². The number of aromatic nitrogens is 2. The van der Waals surface area contributed by atoms with Gasteiger partial charge in [0.25, 0.3) is 0 Å². The van der Waals surface area contributed by atoms with Gasteiger partial charge in [-0.25, -0.2) is 14.4 Å². The Bertz CT molecular complexity index is 577. The van der Waals surface area contributed by atoms with E-state index in [0.717, 1.165) is 5.56 Å². The number of aliphatic hydroxyl groups is 1. The van der Waals surface area contributed by atoms with Crippen molar-refractivity contribution in [3.63, 3.8) is 0 Å². The Morgan fingerprint density at radius 2 is 1.94 bits per heavy atom. The van der Waals surface area contributed by atoms with Crippen LogP contribution in [0.15, 0.2) is 29.0 Å². The molecule has 2 aromatic rings. The first kappa shape index (κ1) is 13.4. The molecule has 1 heterocycles. The van der Waals surface area contributed by atoms with Crippen LogP contribution in [0.4, 0.5) is 4.39 Å². The van der Waals surface area contributed by atoms with Crippen LogP contribution in [0.1, 0.15) is 23.1 Å². The number of hydrogen-bond donors (Lipinski definition) is 1. The predicted molar refractivity (Wildman–Crippen MR) is 69.9 cm³/mol. The van der Waals surface area contributed by atoms with Crippen molar-refractivity contribution in [2.45, 2.75) is 13.0 Å². The number of hydrogen-bond acceptors (Lipinski definition) is 3. The molecule has 1 aromatic carbocycles. The summed E-state index contributed by atoms with van der Waals surface area (Å²) in [5.74, 6) is -0.541. The van der Waals surface area contributed by atoms with E-state index in [9.17, 15) is 9.50 Å². The van der Waals surface area contributed by atoms with Crippen molar-refractivity contribution in [1.29, 1.82) is 0 Å². The molecule has 1 unspecified atom stereocenters. The molecule has 2 rings (SSSR count). The Kier molecular flexibility index (Phi) is 3.94. The molecule has 6 heteroatoms. The molecule has 0 amide bonds. The van der Waals surface area contributed by atoms with Gasteiger partial charge in [0.1, 0.15) is 11.9 Å². The minimum absolute atomic E-state index is 0.0482. The van der Waals surface area contributed by atoms with Crippen molar-refractivity contribution in [3.8, 4) is 0 Å². The van der Waals surface area contributed by atoms with Crippen LogP contribution >= 0.6 is 27.5 Å². The number of aryl methyl sites for hydroxylation is 1. The maximum atomic E-state index is 13.9. The van der Waals surface area contributed by atoms with Crippen molar-refractivity contribution in [2.24, 2.45) is 0 Å². The van der Waals surface area contributed by atoms with E-state index in [-0.39, 0.29) is 16.4 Å². The summed E-state index contributed by atoms with van der Waals surface area (Å²) in [7, 11) is 0. The van der Waals surface area contributed by atoms with Crippen LogP contribution in [0.3, 0.4) is 0 Å². The average Bonchev–Trinajstić information content (AvgIpc) is 2.36. The van der Waals surface area contributed by atoms with E-state index in [1.54, 1.807) is 18.5 Å². The fraction of sp³-hybridized carbons (Fsp3) is 0.167. The lowest BCUT2D eigenvalue weighted by Gasteiger charge is -2.12. The van der Waals surface area contributed by atoms with Gasteiger partial charge in [0, 0.05) is 22.4 Å². The number of halogens is 3. The molecule has 0 saturated carbocycles. The lowest BCUT2D eigenvalue weighted by molar-refractivity contribution is 0.204. The topological polar surface area (TPSA) is 46.0 Å². The van der Waals surface area contributed by atoms with Gasteiger partial charge in [-0.3, -0.25) is 0 Å². The number of nitrogens with zero attached hydrogens (tertiary/aromatic N) is 2. The molecule has 0 saturated heterocycles. The van der Waals surface area contributed by atoms with Crippen molar-refractivity contribution in [1.82, 2.24) is 9.97 Å². The summed E-state index contributed by atoms with van der Waals surface area (Å²) in [6.45, 7) is 1.83. The summed E-state index contributed by atoms with van der Waals surface area (Å²) >= 11 is 8.88. The largest absolute Gasteiger partial charge is 0.380 e. The Balaban J connectivity index is 2.43. The zero-order valence-corrected chi connectivity index (χ0v) is 11.7. The smallest absolute Gasteiger partial charge is 0.161 e. The van der Waals surface area contributed by atoms with Crippen molar-refractivity contribution < 1.29 is 9.50 Å². The summed E-state index contributed by atoms with van der Waals surface area (Å²) in [5.41, 5.74) is 0.910. The fourth-order valence-corrected chi connectivity index (χ4v) is 1.91. The fourth-order valence-electron chi connectivity index (χ4n) is 1.43. The van der Waals surface area contributed by atoms with Gasteiger partial charge in [-0.2, -0.15) is 0 Å². The minimum atomic E-state index is -1.24. The first-order valence-corrected chi connectivity index (χ1v) is 6.28. The Labute approximate surface area is 117 Å². The summed E-state index contributed by atoms with van der Waals surface area (Å²) in [5, 5.41) is 9.97. The Morgan fingerprint density at radius 1 is 1.33 bits per heavy atom. The zero-order valence-electron chi connectivity index (χ0n) is 9.36. The molecule has 0 fully saturated rings. The maximum Gasteiger partial charge on any atom is 0.161 e. The van der Waals surface area contributed by atoms with Crippen molar-refractivity contribution in [2.75, 3.05) is 0 Å². The summed E-state index contributed by atoms with van der Waals surface area (Å²) in [6, 6.07) is 3.01. The quantitative estimate of drug-likeness (QED) is 0.858. The van der Waals surface area contributed by atoms with Crippen LogP contribution in [0.2, 0.25) is 5.02 Å². The third-order valence-corrected chi connectivity index (χ3v) is 3.66. The minimum Gasteiger partial charge on any atom is -0.380 e. The SMILES string of the molecule is Cc1cnc(C(O)c2ccc(Br)c(Cl)c2F)nc1. The molecule has 0 aliphatic rings. The van der Waals surface area contributed by atoms with Gasteiger partial charge in [0.05, 0.1) is 5.02 Å². The molecular formula is C12H9BrClFN2O. The summed E-state index contributed by atoms with van der Waals surface area (Å²) in [6.07, 6.45) is 1.88. The second kappa shape index (κ2) is 5.30. The van der Waals surface area contributed by atoms with Crippen LogP contribution in [0.25, 0.3) is 0 Å². The van der Waals surface area contributed by atoms with E-state index < -0.39 is 11.9 Å². The molecule has 1 aromatic heterocycles. The van der Waals surface area contributed by atoms with Gasteiger partial charge in [0.2, 0.25) is 0 Å². The van der Waals surface area contributed by atoms with Crippen LogP contribution in [0.5, 0.6) is 0 Å². The molecule has 1 N–H and O–H groups in total. The van der Waals surface area contributed by atoms with Gasteiger partial charge in [-0.05, 0) is 34.5 Å². The average molecular weight is 332 g/mol. The summed E-state index contributed by atoms with van der Waals surface area (Å²) < 4.78 is 14.3. The van der Waals surface area contributed by atoms with Gasteiger partial charge in [0.15, 0.2) is 5.82 Å². The van der Waals surface area contributed by atoms with E-state index in [1.165, 1.54) is 6.07 Å². The van der Waals surface area contributed by atoms with Crippen LogP contribution < -0.4 is 0 Å². The highest BCUT2D eigenvalue weighted by molar-refractivity contribution is 9.10. The Hall–Kier alpha value is -1.04. The van der Waals surface area contributed by atoms with E-state index in [4.69, 9.17) is 11.6 Å². The molecular weight excluding hydrogens is 322 g/mol. The normalized spacial score (nSPS) is 12.5. The Morgan fingerprint density at radius 3 is 2.56 bits per heavy atom. The van der Waals surface area contributed by atoms with Crippen molar-refractivity contribution >= 4 is 27.5 Å². The van der Waals surface area contributed by atoms with Gasteiger partial charge >= 0.3 is 0 Å². The lowest BCUT2D eigenvalue weighted by Crippen LogP contribution is -2.07. The first-order valence-electron chi connectivity index (χ1n) is 5.10. The monoisotopic (exact) mass is 330 g/mol. The third-order valence-electron chi connectivity index (χ3n) is 2.41.